The maximum absolute atomic E-state index is 12.6. The van der Waals surface area contributed by atoms with E-state index in [4.69, 9.17) is 5.73 Å². The van der Waals surface area contributed by atoms with Crippen molar-refractivity contribution in [2.45, 2.75) is 31.2 Å². The number of nitrogens with two attached hydrogens (primary N) is 1. The van der Waals surface area contributed by atoms with E-state index in [9.17, 15) is 4.79 Å². The summed E-state index contributed by atoms with van der Waals surface area (Å²) in [4.78, 5) is 12.6. The molecular formula is C17H22N4O. The molecule has 1 aromatic heterocycles. The number of nitrogens with zero attached hydrogens (tertiary/aromatic N) is 2. The number of rotatable bonds is 4. The summed E-state index contributed by atoms with van der Waals surface area (Å²) in [6.45, 7) is 0.308. The third-order valence-electron chi connectivity index (χ3n) is 4.45. The Morgan fingerprint density at radius 2 is 2.23 bits per heavy atom. The first-order valence-corrected chi connectivity index (χ1v) is 7.77. The van der Waals surface area contributed by atoms with Crippen LogP contribution in [0, 0.1) is 0 Å². The maximum Gasteiger partial charge on any atom is 0.229 e. The van der Waals surface area contributed by atoms with Crippen LogP contribution in [0.2, 0.25) is 0 Å². The fourth-order valence-electron chi connectivity index (χ4n) is 3.21. The minimum atomic E-state index is -0.303. The molecule has 2 atom stereocenters. The van der Waals surface area contributed by atoms with E-state index < -0.39 is 0 Å². The van der Waals surface area contributed by atoms with Crippen molar-refractivity contribution in [2.24, 2.45) is 12.8 Å². The Hall–Kier alpha value is -2.14. The second-order valence-corrected chi connectivity index (χ2v) is 5.82. The summed E-state index contributed by atoms with van der Waals surface area (Å²) in [5, 5.41) is 7.49. The molecule has 1 aromatic carbocycles. The Kier molecular flexibility index (Phi) is 4.24. The molecule has 0 saturated heterocycles. The number of hydrogen-bond donors (Lipinski definition) is 2. The topological polar surface area (TPSA) is 72.9 Å². The van der Waals surface area contributed by atoms with Crippen LogP contribution in [0.25, 0.3) is 0 Å². The molecule has 3 rings (SSSR count). The van der Waals surface area contributed by atoms with Crippen molar-refractivity contribution in [2.75, 3.05) is 6.54 Å². The number of aromatic nitrogens is 2. The van der Waals surface area contributed by atoms with E-state index in [2.05, 4.69) is 10.4 Å². The smallest absolute Gasteiger partial charge is 0.229 e. The standard InChI is InChI=1S/C17H22N4O/c1-21-16-9-5-8-15(14(16)11-19-21)20-17(22)13(10-18)12-6-3-2-4-7-12/h2-4,6-7,11,13,15H,5,8-10,18H2,1H3,(H,20,22). The highest BCUT2D eigenvalue weighted by Crippen LogP contribution is 2.29. The molecular weight excluding hydrogens is 276 g/mol. The highest BCUT2D eigenvalue weighted by molar-refractivity contribution is 5.84. The first-order chi connectivity index (χ1) is 10.7. The molecule has 2 aromatic rings. The Morgan fingerprint density at radius 3 is 2.95 bits per heavy atom. The molecule has 0 fully saturated rings. The normalized spacial score (nSPS) is 18.5. The Labute approximate surface area is 130 Å². The summed E-state index contributed by atoms with van der Waals surface area (Å²) < 4.78 is 1.91. The fourth-order valence-corrected chi connectivity index (χ4v) is 3.21. The first-order valence-electron chi connectivity index (χ1n) is 7.77. The number of carbonyl (C=O) groups excluding carboxylic acids is 1. The van der Waals surface area contributed by atoms with Gasteiger partial charge in [-0.2, -0.15) is 5.10 Å². The summed E-state index contributed by atoms with van der Waals surface area (Å²) in [5.41, 5.74) is 9.16. The van der Waals surface area contributed by atoms with Gasteiger partial charge in [-0.25, -0.2) is 0 Å². The molecule has 1 aliphatic rings. The third-order valence-corrected chi connectivity index (χ3v) is 4.45. The second kappa shape index (κ2) is 6.32. The van der Waals surface area contributed by atoms with Crippen LogP contribution in [0.15, 0.2) is 36.5 Å². The highest BCUT2D eigenvalue weighted by atomic mass is 16.2. The molecule has 5 nitrogen and oxygen atoms in total. The molecule has 3 N–H and O–H groups in total. The quantitative estimate of drug-likeness (QED) is 0.901. The number of hydrogen-bond acceptors (Lipinski definition) is 3. The van der Waals surface area contributed by atoms with E-state index in [-0.39, 0.29) is 17.9 Å². The molecule has 0 spiro atoms. The van der Waals surface area contributed by atoms with Crippen molar-refractivity contribution in [3.05, 3.63) is 53.3 Å². The Morgan fingerprint density at radius 1 is 1.45 bits per heavy atom. The zero-order valence-electron chi connectivity index (χ0n) is 12.8. The van der Waals surface area contributed by atoms with Gasteiger partial charge in [0.15, 0.2) is 0 Å². The van der Waals surface area contributed by atoms with Crippen molar-refractivity contribution in [3.8, 4) is 0 Å². The summed E-state index contributed by atoms with van der Waals surface area (Å²) in [6.07, 6.45) is 4.92. The summed E-state index contributed by atoms with van der Waals surface area (Å²) in [7, 11) is 1.95. The van der Waals surface area contributed by atoms with Crippen LogP contribution in [-0.4, -0.2) is 22.2 Å². The monoisotopic (exact) mass is 298 g/mol. The summed E-state index contributed by atoms with van der Waals surface area (Å²) in [6, 6.07) is 9.76. The van der Waals surface area contributed by atoms with Crippen LogP contribution in [0.4, 0.5) is 0 Å². The van der Waals surface area contributed by atoms with E-state index in [1.807, 2.05) is 48.3 Å². The molecule has 116 valence electrons. The minimum Gasteiger partial charge on any atom is -0.349 e. The minimum absolute atomic E-state index is 0.00426. The Balaban J connectivity index is 1.77. The lowest BCUT2D eigenvalue weighted by Gasteiger charge is -2.26. The molecule has 0 bridgehead atoms. The van der Waals surface area contributed by atoms with Crippen LogP contribution in [0.5, 0.6) is 0 Å². The molecule has 1 heterocycles. The maximum atomic E-state index is 12.6. The highest BCUT2D eigenvalue weighted by Gasteiger charge is 2.27. The van der Waals surface area contributed by atoms with Gasteiger partial charge in [0.1, 0.15) is 0 Å². The zero-order chi connectivity index (χ0) is 15.5. The fraction of sp³-hybridized carbons (Fsp3) is 0.412. The van der Waals surface area contributed by atoms with Gasteiger partial charge in [0, 0.05) is 24.8 Å². The number of aryl methyl sites for hydroxylation is 1. The molecule has 0 aliphatic heterocycles. The van der Waals surface area contributed by atoms with E-state index in [1.54, 1.807) is 0 Å². The lowest BCUT2D eigenvalue weighted by Crippen LogP contribution is -2.37. The van der Waals surface area contributed by atoms with Gasteiger partial charge in [-0.3, -0.25) is 9.48 Å². The lowest BCUT2D eigenvalue weighted by atomic mass is 9.91. The van der Waals surface area contributed by atoms with Crippen molar-refractivity contribution >= 4 is 5.91 Å². The number of nitrogens with one attached hydrogen (secondary N) is 1. The van der Waals surface area contributed by atoms with Crippen molar-refractivity contribution in [3.63, 3.8) is 0 Å². The largest absolute Gasteiger partial charge is 0.349 e. The molecule has 2 unspecified atom stereocenters. The van der Waals surface area contributed by atoms with Crippen LogP contribution >= 0.6 is 0 Å². The van der Waals surface area contributed by atoms with Crippen LogP contribution in [-0.2, 0) is 18.3 Å². The molecule has 1 amide bonds. The SMILES string of the molecule is Cn1ncc2c1CCCC2NC(=O)C(CN)c1ccccc1. The van der Waals surface area contributed by atoms with Crippen LogP contribution < -0.4 is 11.1 Å². The number of carbonyl (C=O) groups is 1. The molecule has 1 aliphatic carbocycles. The molecule has 5 heteroatoms. The number of amides is 1. The number of fused-ring (bicyclic) bond motifs is 1. The average Bonchev–Trinajstić information content (AvgIpc) is 2.92. The van der Waals surface area contributed by atoms with Crippen LogP contribution in [0.3, 0.4) is 0 Å². The van der Waals surface area contributed by atoms with E-state index in [0.29, 0.717) is 6.54 Å². The van der Waals surface area contributed by atoms with Gasteiger partial charge < -0.3 is 11.1 Å². The predicted octanol–water partition coefficient (Wildman–Crippen LogP) is 1.66. The van der Waals surface area contributed by atoms with Gasteiger partial charge in [-0.1, -0.05) is 30.3 Å². The van der Waals surface area contributed by atoms with Gasteiger partial charge in [-0.05, 0) is 24.8 Å². The average molecular weight is 298 g/mol. The van der Waals surface area contributed by atoms with Gasteiger partial charge in [-0.15, -0.1) is 0 Å². The van der Waals surface area contributed by atoms with Gasteiger partial charge in [0.2, 0.25) is 5.91 Å². The van der Waals surface area contributed by atoms with E-state index in [0.717, 1.165) is 30.4 Å². The van der Waals surface area contributed by atoms with Crippen molar-refractivity contribution < 1.29 is 4.79 Å². The molecule has 22 heavy (non-hydrogen) atoms. The van der Waals surface area contributed by atoms with E-state index in [1.165, 1.54) is 5.69 Å². The zero-order valence-corrected chi connectivity index (χ0v) is 12.8. The molecule has 0 saturated carbocycles. The third kappa shape index (κ3) is 2.76. The van der Waals surface area contributed by atoms with Gasteiger partial charge in [0.25, 0.3) is 0 Å². The van der Waals surface area contributed by atoms with Gasteiger partial charge in [0.05, 0.1) is 18.2 Å². The molecule has 0 radical (unpaired) electrons. The predicted molar refractivity (Wildman–Crippen MR) is 85.3 cm³/mol. The van der Waals surface area contributed by atoms with E-state index >= 15 is 0 Å². The second-order valence-electron chi connectivity index (χ2n) is 5.82. The van der Waals surface area contributed by atoms with Crippen molar-refractivity contribution in [1.82, 2.24) is 15.1 Å². The Bertz CT molecular complexity index is 650. The number of benzene rings is 1. The van der Waals surface area contributed by atoms with Gasteiger partial charge >= 0.3 is 0 Å². The summed E-state index contributed by atoms with van der Waals surface area (Å²) in [5.74, 6) is -0.307. The first kappa shape index (κ1) is 14.8. The van der Waals surface area contributed by atoms with Crippen LogP contribution in [0.1, 0.15) is 41.6 Å². The van der Waals surface area contributed by atoms with Crippen molar-refractivity contribution in [1.29, 1.82) is 0 Å². The summed E-state index contributed by atoms with van der Waals surface area (Å²) >= 11 is 0. The lowest BCUT2D eigenvalue weighted by molar-refractivity contribution is -0.123.